The number of urea groups is 1. The van der Waals surface area contributed by atoms with Crippen LogP contribution in [-0.2, 0) is 13.0 Å². The quantitative estimate of drug-likeness (QED) is 0.772. The standard InChI is InChI=1S/C18H19ClN4O/c1-22(12-14-5-7-15(19)8-6-14)18(24)20-10-9-16-13-23-11-3-2-4-17(23)21-16/h2-8,11,13H,9-10,12H2,1H3,(H,20,24). The van der Waals surface area contributed by atoms with Crippen molar-refractivity contribution in [2.24, 2.45) is 0 Å². The molecule has 0 saturated heterocycles. The van der Waals surface area contributed by atoms with Crippen LogP contribution in [0.4, 0.5) is 4.79 Å². The maximum Gasteiger partial charge on any atom is 0.317 e. The van der Waals surface area contributed by atoms with E-state index < -0.39 is 0 Å². The molecule has 0 unspecified atom stereocenters. The zero-order valence-corrected chi connectivity index (χ0v) is 14.2. The Morgan fingerprint density at radius 3 is 2.79 bits per heavy atom. The monoisotopic (exact) mass is 342 g/mol. The molecule has 124 valence electrons. The number of carbonyl (C=O) groups excluding carboxylic acids is 1. The number of benzene rings is 1. The minimum Gasteiger partial charge on any atom is -0.338 e. The number of pyridine rings is 1. The van der Waals surface area contributed by atoms with Gasteiger partial charge in [0.05, 0.1) is 5.69 Å². The topological polar surface area (TPSA) is 49.6 Å². The minimum absolute atomic E-state index is 0.103. The van der Waals surface area contributed by atoms with Crippen LogP contribution in [0.25, 0.3) is 5.65 Å². The molecule has 6 heteroatoms. The Morgan fingerprint density at radius 1 is 1.25 bits per heavy atom. The molecule has 0 atom stereocenters. The highest BCUT2D eigenvalue weighted by Gasteiger charge is 2.09. The number of amides is 2. The van der Waals surface area contributed by atoms with E-state index in [-0.39, 0.29) is 6.03 Å². The summed E-state index contributed by atoms with van der Waals surface area (Å²) in [4.78, 5) is 18.3. The molecule has 1 N–H and O–H groups in total. The fourth-order valence-corrected chi connectivity index (χ4v) is 2.60. The molecule has 0 aliphatic rings. The summed E-state index contributed by atoms with van der Waals surface area (Å²) in [6.07, 6.45) is 4.64. The molecule has 0 bridgehead atoms. The molecule has 2 heterocycles. The first-order valence-corrected chi connectivity index (χ1v) is 8.15. The second-order valence-electron chi connectivity index (χ2n) is 5.66. The smallest absolute Gasteiger partial charge is 0.317 e. The van der Waals surface area contributed by atoms with Crippen LogP contribution in [0, 0.1) is 0 Å². The van der Waals surface area contributed by atoms with Gasteiger partial charge in [0.2, 0.25) is 0 Å². The van der Waals surface area contributed by atoms with Gasteiger partial charge in [0, 0.05) is 44.0 Å². The molecule has 2 aromatic heterocycles. The summed E-state index contributed by atoms with van der Waals surface area (Å²) in [5.74, 6) is 0. The molecular formula is C18H19ClN4O. The summed E-state index contributed by atoms with van der Waals surface area (Å²) >= 11 is 5.87. The van der Waals surface area contributed by atoms with Crippen molar-refractivity contribution in [3.05, 3.63) is 71.1 Å². The molecule has 0 spiro atoms. The number of halogens is 1. The lowest BCUT2D eigenvalue weighted by Crippen LogP contribution is -2.37. The third kappa shape index (κ3) is 4.06. The predicted molar refractivity (Wildman–Crippen MR) is 95.2 cm³/mol. The lowest BCUT2D eigenvalue weighted by atomic mass is 10.2. The van der Waals surface area contributed by atoms with E-state index >= 15 is 0 Å². The van der Waals surface area contributed by atoms with Crippen molar-refractivity contribution in [2.75, 3.05) is 13.6 Å². The number of fused-ring (bicyclic) bond motifs is 1. The van der Waals surface area contributed by atoms with Gasteiger partial charge in [-0.25, -0.2) is 9.78 Å². The van der Waals surface area contributed by atoms with Crippen LogP contribution in [0.2, 0.25) is 5.02 Å². The maximum absolute atomic E-state index is 12.1. The van der Waals surface area contributed by atoms with Gasteiger partial charge in [0.25, 0.3) is 0 Å². The highest BCUT2D eigenvalue weighted by molar-refractivity contribution is 6.30. The molecule has 0 aliphatic carbocycles. The Bertz CT molecular complexity index is 795. The Balaban J connectivity index is 1.48. The average Bonchev–Trinajstić information content (AvgIpc) is 2.99. The van der Waals surface area contributed by atoms with Crippen LogP contribution in [0.3, 0.4) is 0 Å². The fourth-order valence-electron chi connectivity index (χ4n) is 2.48. The molecule has 0 fully saturated rings. The number of rotatable bonds is 5. The van der Waals surface area contributed by atoms with Crippen molar-refractivity contribution in [3.63, 3.8) is 0 Å². The summed E-state index contributed by atoms with van der Waals surface area (Å²) in [6, 6.07) is 13.3. The van der Waals surface area contributed by atoms with Crippen LogP contribution < -0.4 is 5.32 Å². The molecule has 0 radical (unpaired) electrons. The molecule has 3 rings (SSSR count). The second kappa shape index (κ2) is 7.36. The van der Waals surface area contributed by atoms with E-state index in [1.54, 1.807) is 11.9 Å². The summed E-state index contributed by atoms with van der Waals surface area (Å²) in [6.45, 7) is 1.09. The van der Waals surface area contributed by atoms with E-state index in [9.17, 15) is 4.79 Å². The lowest BCUT2D eigenvalue weighted by Gasteiger charge is -2.18. The van der Waals surface area contributed by atoms with Crippen molar-refractivity contribution in [1.82, 2.24) is 19.6 Å². The first-order chi connectivity index (χ1) is 11.6. The van der Waals surface area contributed by atoms with Gasteiger partial charge >= 0.3 is 6.03 Å². The first kappa shape index (κ1) is 16.3. The number of nitrogens with zero attached hydrogens (tertiary/aromatic N) is 3. The van der Waals surface area contributed by atoms with Gasteiger partial charge in [-0.3, -0.25) is 0 Å². The van der Waals surface area contributed by atoms with Crippen LogP contribution in [-0.4, -0.2) is 33.9 Å². The zero-order valence-electron chi connectivity index (χ0n) is 13.4. The Hall–Kier alpha value is -2.53. The molecule has 3 aromatic rings. The van der Waals surface area contributed by atoms with Gasteiger partial charge in [0.15, 0.2) is 0 Å². The summed E-state index contributed by atoms with van der Waals surface area (Å²) in [5, 5.41) is 3.61. The molecule has 2 amide bonds. The zero-order chi connectivity index (χ0) is 16.9. The SMILES string of the molecule is CN(Cc1ccc(Cl)cc1)C(=O)NCCc1cn2ccccc2n1. The highest BCUT2D eigenvalue weighted by atomic mass is 35.5. The van der Waals surface area contributed by atoms with Gasteiger partial charge in [-0.2, -0.15) is 0 Å². The molecule has 0 aliphatic heterocycles. The van der Waals surface area contributed by atoms with Gasteiger partial charge in [-0.15, -0.1) is 0 Å². The largest absolute Gasteiger partial charge is 0.338 e. The van der Waals surface area contributed by atoms with Gasteiger partial charge < -0.3 is 14.6 Å². The van der Waals surface area contributed by atoms with Gasteiger partial charge in [-0.05, 0) is 29.8 Å². The van der Waals surface area contributed by atoms with E-state index in [4.69, 9.17) is 11.6 Å². The van der Waals surface area contributed by atoms with E-state index in [1.807, 2.05) is 59.3 Å². The van der Waals surface area contributed by atoms with Crippen molar-refractivity contribution in [1.29, 1.82) is 0 Å². The molecule has 5 nitrogen and oxygen atoms in total. The lowest BCUT2D eigenvalue weighted by molar-refractivity contribution is 0.207. The maximum atomic E-state index is 12.1. The summed E-state index contributed by atoms with van der Waals surface area (Å²) < 4.78 is 1.98. The van der Waals surface area contributed by atoms with Crippen molar-refractivity contribution in [3.8, 4) is 0 Å². The molecule has 1 aromatic carbocycles. The van der Waals surface area contributed by atoms with E-state index in [0.717, 1.165) is 16.9 Å². The van der Waals surface area contributed by atoms with Crippen LogP contribution in [0.15, 0.2) is 54.9 Å². The van der Waals surface area contributed by atoms with Crippen molar-refractivity contribution in [2.45, 2.75) is 13.0 Å². The number of hydrogen-bond acceptors (Lipinski definition) is 2. The van der Waals surface area contributed by atoms with Crippen molar-refractivity contribution < 1.29 is 4.79 Å². The van der Waals surface area contributed by atoms with E-state index in [0.29, 0.717) is 24.5 Å². The predicted octanol–water partition coefficient (Wildman–Crippen LogP) is 3.37. The number of imidazole rings is 1. The molecule has 24 heavy (non-hydrogen) atoms. The van der Waals surface area contributed by atoms with E-state index in [2.05, 4.69) is 10.3 Å². The molecular weight excluding hydrogens is 324 g/mol. The fraction of sp³-hybridized carbons (Fsp3) is 0.222. The number of carbonyl (C=O) groups is 1. The van der Waals surface area contributed by atoms with Crippen LogP contribution in [0.1, 0.15) is 11.3 Å². The van der Waals surface area contributed by atoms with Gasteiger partial charge in [0.1, 0.15) is 5.65 Å². The number of hydrogen-bond donors (Lipinski definition) is 1. The van der Waals surface area contributed by atoms with Crippen molar-refractivity contribution >= 4 is 23.3 Å². The van der Waals surface area contributed by atoms with Gasteiger partial charge in [-0.1, -0.05) is 29.8 Å². The van der Waals surface area contributed by atoms with Crippen LogP contribution in [0.5, 0.6) is 0 Å². The number of nitrogens with one attached hydrogen (secondary N) is 1. The molecule has 0 saturated carbocycles. The van der Waals surface area contributed by atoms with E-state index in [1.165, 1.54) is 0 Å². The number of aromatic nitrogens is 2. The second-order valence-corrected chi connectivity index (χ2v) is 6.10. The summed E-state index contributed by atoms with van der Waals surface area (Å²) in [5.41, 5.74) is 2.91. The normalized spacial score (nSPS) is 10.8. The first-order valence-electron chi connectivity index (χ1n) is 7.78. The Labute approximate surface area is 145 Å². The minimum atomic E-state index is -0.103. The third-order valence-electron chi connectivity index (χ3n) is 3.75. The highest BCUT2D eigenvalue weighted by Crippen LogP contribution is 2.11. The third-order valence-corrected chi connectivity index (χ3v) is 4.00. The van der Waals surface area contributed by atoms with Crippen LogP contribution >= 0.6 is 11.6 Å². The average molecular weight is 343 g/mol. The Morgan fingerprint density at radius 2 is 2.04 bits per heavy atom. The Kier molecular flexibility index (Phi) is 5.01. The summed E-state index contributed by atoms with van der Waals surface area (Å²) in [7, 11) is 1.77.